The van der Waals surface area contributed by atoms with Gasteiger partial charge in [0.25, 0.3) is 0 Å². The van der Waals surface area contributed by atoms with Crippen molar-refractivity contribution in [3.8, 4) is 16.8 Å². The summed E-state index contributed by atoms with van der Waals surface area (Å²) in [6, 6.07) is 58.6. The zero-order valence-electron chi connectivity index (χ0n) is 28.4. The Morgan fingerprint density at radius 3 is 1.92 bits per heavy atom. The molecule has 4 heterocycles. The first kappa shape index (κ1) is 27.6. The van der Waals surface area contributed by atoms with Crippen molar-refractivity contribution in [3.63, 3.8) is 0 Å². The molecule has 12 rings (SSSR count). The van der Waals surface area contributed by atoms with Gasteiger partial charge in [-0.25, -0.2) is 0 Å². The zero-order valence-corrected chi connectivity index (χ0v) is 28.4. The molecule has 0 bridgehead atoms. The minimum Gasteiger partial charge on any atom is -0.375 e. The first-order chi connectivity index (χ1) is 25.1. The Balaban J connectivity index is 1.32. The van der Waals surface area contributed by atoms with Crippen molar-refractivity contribution in [2.45, 2.75) is 19.3 Å². The van der Waals surface area contributed by atoms with E-state index in [4.69, 9.17) is 0 Å². The maximum Gasteiger partial charge on any atom is 0.333 e. The Morgan fingerprint density at radius 2 is 1.14 bits per heavy atom. The van der Waals surface area contributed by atoms with E-state index in [1.54, 1.807) is 0 Å². The molecule has 1 aliphatic carbocycles. The highest BCUT2D eigenvalue weighted by Crippen LogP contribution is 2.57. The predicted molar refractivity (Wildman–Crippen MR) is 215 cm³/mol. The quantitative estimate of drug-likeness (QED) is 0.170. The van der Waals surface area contributed by atoms with E-state index in [2.05, 4.69) is 186 Å². The van der Waals surface area contributed by atoms with E-state index in [-0.39, 0.29) is 12.3 Å². The van der Waals surface area contributed by atoms with Gasteiger partial charge in [-0.2, -0.15) is 0 Å². The van der Waals surface area contributed by atoms with E-state index >= 15 is 0 Å². The number of benzene rings is 7. The van der Waals surface area contributed by atoms with Crippen LogP contribution in [0.1, 0.15) is 25.0 Å². The summed E-state index contributed by atoms with van der Waals surface area (Å²) in [7, 11) is 0. The second-order valence-corrected chi connectivity index (χ2v) is 14.9. The van der Waals surface area contributed by atoms with Crippen LogP contribution in [0.3, 0.4) is 0 Å². The summed E-state index contributed by atoms with van der Waals surface area (Å²) in [6.45, 7) is 4.85. The third-order valence-corrected chi connectivity index (χ3v) is 12.0. The molecule has 51 heavy (non-hydrogen) atoms. The van der Waals surface area contributed by atoms with Crippen LogP contribution in [0.4, 0.5) is 11.4 Å². The number of aromatic nitrogens is 2. The normalized spacial score (nSPS) is 15.3. The van der Waals surface area contributed by atoms with Gasteiger partial charge >= 0.3 is 6.85 Å². The second-order valence-electron chi connectivity index (χ2n) is 14.9. The summed E-state index contributed by atoms with van der Waals surface area (Å²) in [4.78, 5) is 2.58. The molecule has 0 spiro atoms. The Bertz CT molecular complexity index is 3000. The maximum atomic E-state index is 2.72. The Hall–Kier alpha value is -6.26. The molecule has 0 N–H and O–H groups in total. The number of anilines is 2. The smallest absolute Gasteiger partial charge is 0.333 e. The molecule has 0 amide bonds. The van der Waals surface area contributed by atoms with Gasteiger partial charge in [-0.15, -0.1) is 0 Å². The minimum atomic E-state index is -0.203. The SMILES string of the molecule is CC1(C)C2=C(B3c4c(cccc4N2c2ccccc2)-c2cc4c(c5ccccc5n4-c4ccccc4)c4c5ccccc5n3c24)c2ccccc21. The molecule has 238 valence electrons. The highest BCUT2D eigenvalue weighted by molar-refractivity contribution is 6.93. The summed E-state index contributed by atoms with van der Waals surface area (Å²) in [5.74, 6) is 0. The number of nitrogens with zero attached hydrogens (tertiary/aromatic N) is 3. The third kappa shape index (κ3) is 3.27. The average molecular weight is 650 g/mol. The highest BCUT2D eigenvalue weighted by atomic mass is 15.2. The number of rotatable bonds is 2. The second kappa shape index (κ2) is 9.50. The number of allylic oxidation sites excluding steroid dienone is 1. The van der Waals surface area contributed by atoms with Crippen molar-refractivity contribution < 1.29 is 0 Å². The molecule has 4 heteroatoms. The molecule has 0 saturated carbocycles. The fourth-order valence-electron chi connectivity index (χ4n) is 10.1. The summed E-state index contributed by atoms with van der Waals surface area (Å²) >= 11 is 0. The minimum absolute atomic E-state index is 0.0175. The molecule has 3 aliphatic rings. The molecule has 7 aromatic carbocycles. The lowest BCUT2D eigenvalue weighted by molar-refractivity contribution is 0.625. The van der Waals surface area contributed by atoms with E-state index < -0.39 is 0 Å². The van der Waals surface area contributed by atoms with E-state index in [0.29, 0.717) is 0 Å². The van der Waals surface area contributed by atoms with Crippen LogP contribution in [-0.2, 0) is 5.41 Å². The molecule has 0 fully saturated rings. The third-order valence-electron chi connectivity index (χ3n) is 12.0. The number of fused-ring (bicyclic) bond motifs is 12. The van der Waals surface area contributed by atoms with Crippen molar-refractivity contribution in [1.29, 1.82) is 0 Å². The summed E-state index contributed by atoms with van der Waals surface area (Å²) < 4.78 is 5.19. The van der Waals surface area contributed by atoms with Gasteiger partial charge in [-0.05, 0) is 76.2 Å². The van der Waals surface area contributed by atoms with Gasteiger partial charge in [-0.3, -0.25) is 0 Å². The maximum absolute atomic E-state index is 2.72. The Kier molecular flexibility index (Phi) is 5.13. The van der Waals surface area contributed by atoms with Gasteiger partial charge in [-0.1, -0.05) is 123 Å². The molecule has 0 saturated heterocycles. The van der Waals surface area contributed by atoms with Crippen LogP contribution < -0.4 is 10.4 Å². The molecule has 0 unspecified atom stereocenters. The van der Waals surface area contributed by atoms with Crippen LogP contribution in [0.25, 0.3) is 65.9 Å². The predicted octanol–water partition coefficient (Wildman–Crippen LogP) is 11.0. The lowest BCUT2D eigenvalue weighted by Gasteiger charge is -2.43. The first-order valence-electron chi connectivity index (χ1n) is 18.0. The van der Waals surface area contributed by atoms with Crippen LogP contribution in [-0.4, -0.2) is 15.9 Å². The summed E-state index contributed by atoms with van der Waals surface area (Å²) in [5, 5.41) is 5.27. The molecule has 2 aliphatic heterocycles. The number of hydrogen-bond acceptors (Lipinski definition) is 1. The standard InChI is InChI=1S/C47H32BN3/c1-47(2)36-24-12-9-20-32(36)44-46(47)50(30-18-7-4-8-19-30)39-27-15-23-31-35-28-40-41(33-21-10-13-25-37(33)49(40)29-16-5-3-6-17-29)42-34-22-11-14-26-38(34)51(45(35)42)48(44)43(31)39/h3-28H,1-2H3. The lowest BCUT2D eigenvalue weighted by atomic mass is 9.43. The van der Waals surface area contributed by atoms with Gasteiger partial charge in [0.2, 0.25) is 0 Å². The van der Waals surface area contributed by atoms with Gasteiger partial charge in [0, 0.05) is 66.3 Å². The average Bonchev–Trinajstić information content (AvgIpc) is 3.78. The van der Waals surface area contributed by atoms with E-state index in [0.717, 1.165) is 0 Å². The van der Waals surface area contributed by atoms with E-state index in [1.807, 2.05) is 0 Å². The number of hydrogen-bond donors (Lipinski definition) is 0. The topological polar surface area (TPSA) is 13.1 Å². The van der Waals surface area contributed by atoms with Gasteiger partial charge in [0.05, 0.1) is 11.0 Å². The van der Waals surface area contributed by atoms with Crippen molar-refractivity contribution in [2.24, 2.45) is 0 Å². The monoisotopic (exact) mass is 649 g/mol. The van der Waals surface area contributed by atoms with Gasteiger partial charge < -0.3 is 13.9 Å². The molecular formula is C47H32BN3. The Labute approximate surface area is 296 Å². The van der Waals surface area contributed by atoms with Crippen molar-refractivity contribution >= 4 is 72.8 Å². The molecule has 0 radical (unpaired) electrons. The first-order valence-corrected chi connectivity index (χ1v) is 18.0. The van der Waals surface area contributed by atoms with Gasteiger partial charge in [0.1, 0.15) is 0 Å². The van der Waals surface area contributed by atoms with Crippen LogP contribution in [0, 0.1) is 0 Å². The highest BCUT2D eigenvalue weighted by Gasteiger charge is 2.52. The molecule has 9 aromatic rings. The fraction of sp³-hybridized carbons (Fsp3) is 0.0638. The number of para-hydroxylation sites is 4. The van der Waals surface area contributed by atoms with Crippen LogP contribution in [0.15, 0.2) is 163 Å². The van der Waals surface area contributed by atoms with Crippen molar-refractivity contribution in [2.75, 3.05) is 4.90 Å². The summed E-state index contributed by atoms with van der Waals surface area (Å²) in [5.41, 5.74) is 18.1. The van der Waals surface area contributed by atoms with Crippen LogP contribution >= 0.6 is 0 Å². The molecule has 0 atom stereocenters. The van der Waals surface area contributed by atoms with Crippen LogP contribution in [0.5, 0.6) is 0 Å². The summed E-state index contributed by atoms with van der Waals surface area (Å²) in [6.07, 6.45) is 0. The largest absolute Gasteiger partial charge is 0.375 e. The lowest BCUT2D eigenvalue weighted by Crippen LogP contribution is -2.50. The van der Waals surface area contributed by atoms with E-state index in [1.165, 1.54) is 99.6 Å². The van der Waals surface area contributed by atoms with Crippen molar-refractivity contribution in [1.82, 2.24) is 9.05 Å². The molecule has 3 nitrogen and oxygen atoms in total. The Morgan fingerprint density at radius 1 is 0.510 bits per heavy atom. The van der Waals surface area contributed by atoms with Crippen molar-refractivity contribution in [3.05, 3.63) is 175 Å². The van der Waals surface area contributed by atoms with Crippen LogP contribution in [0.2, 0.25) is 0 Å². The molecular weight excluding hydrogens is 617 g/mol. The molecule has 2 aromatic heterocycles. The zero-order chi connectivity index (χ0) is 33.6. The fourth-order valence-corrected chi connectivity index (χ4v) is 10.1. The van der Waals surface area contributed by atoms with E-state index in [9.17, 15) is 0 Å². The van der Waals surface area contributed by atoms with Gasteiger partial charge in [0.15, 0.2) is 0 Å².